The SMILES string of the molecule is CCC(C)[C@@H]([C@@H](CC(=O)N1CCC[C@H]1C(OC)[C@@H](C)C(=O)N[C@@H](Cc1ccccc1)C(=O)O)OC)N(C)C(=O)[C@@H](NC(=O)[C@H](C(C)C)N(CC)CC)C(C)C. The Balaban J connectivity index is 2.29. The quantitative estimate of drug-likeness (QED) is 0.148. The number of aliphatic carboxylic acids is 1. The minimum Gasteiger partial charge on any atom is -0.480 e. The smallest absolute Gasteiger partial charge is 0.326 e. The molecule has 2 rings (SSSR count). The van der Waals surface area contributed by atoms with Crippen LogP contribution < -0.4 is 10.6 Å². The van der Waals surface area contributed by atoms with Crippen LogP contribution in [0.2, 0.25) is 0 Å². The van der Waals surface area contributed by atoms with Gasteiger partial charge in [0.1, 0.15) is 12.1 Å². The summed E-state index contributed by atoms with van der Waals surface area (Å²) in [6, 6.07) is 5.93. The maximum atomic E-state index is 14.3. The summed E-state index contributed by atoms with van der Waals surface area (Å²) >= 11 is 0. The second-order valence-corrected chi connectivity index (χ2v) is 15.8. The molecule has 1 aromatic carbocycles. The van der Waals surface area contributed by atoms with Crippen molar-refractivity contribution in [3.8, 4) is 0 Å². The number of methoxy groups -OCH3 is 2. The Kier molecular flexibility index (Phi) is 19.8. The highest BCUT2D eigenvalue weighted by Gasteiger charge is 2.43. The van der Waals surface area contributed by atoms with Gasteiger partial charge in [-0.2, -0.15) is 0 Å². The molecule has 1 saturated heterocycles. The standard InChI is InChI=1S/C42H71N5O8/c1-13-28(8)37(45(10)41(51)35(26(4)5)44-40(50)36(27(6)7)46(14-2)15-3)33(54-11)25-34(48)47-23-19-22-32(47)38(55-12)29(9)39(49)43-31(42(52)53)24-30-20-17-16-18-21-30/h16-18,20-21,26-29,31-33,35-38H,13-15,19,22-25H2,1-12H3,(H,43,49)(H,44,50)(H,52,53)/t28?,29-,31+,32+,33-,35+,36+,37+,38?/m1/s1. The van der Waals surface area contributed by atoms with E-state index in [2.05, 4.69) is 15.5 Å². The maximum absolute atomic E-state index is 14.3. The molecule has 312 valence electrons. The highest BCUT2D eigenvalue weighted by Crippen LogP contribution is 2.30. The van der Waals surface area contributed by atoms with Crippen molar-refractivity contribution in [1.29, 1.82) is 0 Å². The Morgan fingerprint density at radius 3 is 2.00 bits per heavy atom. The largest absolute Gasteiger partial charge is 0.480 e. The molecule has 0 spiro atoms. The molecule has 13 nitrogen and oxygen atoms in total. The van der Waals surface area contributed by atoms with Crippen molar-refractivity contribution in [2.24, 2.45) is 23.7 Å². The summed E-state index contributed by atoms with van der Waals surface area (Å²) in [5.74, 6) is -3.15. The van der Waals surface area contributed by atoms with Crippen LogP contribution in [-0.2, 0) is 39.9 Å². The number of hydrogen-bond acceptors (Lipinski definition) is 8. The minimum atomic E-state index is -1.14. The second-order valence-electron chi connectivity index (χ2n) is 15.8. The van der Waals surface area contributed by atoms with E-state index < -0.39 is 54.2 Å². The van der Waals surface area contributed by atoms with Gasteiger partial charge in [-0.1, -0.05) is 99.1 Å². The molecule has 1 aliphatic heterocycles. The first-order chi connectivity index (χ1) is 26.0. The van der Waals surface area contributed by atoms with Crippen molar-refractivity contribution in [1.82, 2.24) is 25.3 Å². The lowest BCUT2D eigenvalue weighted by Gasteiger charge is -2.41. The van der Waals surface area contributed by atoms with Crippen LogP contribution in [0.25, 0.3) is 0 Å². The zero-order valence-corrected chi connectivity index (χ0v) is 35.5. The number of amides is 4. The molecule has 1 fully saturated rings. The van der Waals surface area contributed by atoms with Gasteiger partial charge in [-0.3, -0.25) is 24.1 Å². The van der Waals surface area contributed by atoms with E-state index in [1.807, 2.05) is 85.7 Å². The van der Waals surface area contributed by atoms with Crippen LogP contribution in [-0.4, -0.2) is 133 Å². The zero-order chi connectivity index (χ0) is 41.6. The van der Waals surface area contributed by atoms with E-state index in [4.69, 9.17) is 9.47 Å². The third-order valence-corrected chi connectivity index (χ3v) is 11.5. The number of carboxylic acid groups (broad SMARTS) is 1. The number of nitrogens with one attached hydrogen (secondary N) is 2. The average Bonchev–Trinajstić information content (AvgIpc) is 3.64. The molecule has 2 unspecified atom stereocenters. The Morgan fingerprint density at radius 2 is 1.51 bits per heavy atom. The molecular weight excluding hydrogens is 702 g/mol. The van der Waals surface area contributed by atoms with Gasteiger partial charge >= 0.3 is 5.97 Å². The summed E-state index contributed by atoms with van der Waals surface area (Å²) in [7, 11) is 4.77. The molecule has 3 N–H and O–H groups in total. The van der Waals surface area contributed by atoms with Gasteiger partial charge in [-0.15, -0.1) is 0 Å². The summed E-state index contributed by atoms with van der Waals surface area (Å²) in [6.45, 7) is 19.5. The molecule has 0 bridgehead atoms. The van der Waals surface area contributed by atoms with E-state index in [9.17, 15) is 29.1 Å². The van der Waals surface area contributed by atoms with Crippen LogP contribution in [0.5, 0.6) is 0 Å². The highest BCUT2D eigenvalue weighted by atomic mass is 16.5. The molecule has 0 saturated carbocycles. The van der Waals surface area contributed by atoms with Gasteiger partial charge in [-0.05, 0) is 49.2 Å². The number of likely N-dealkylation sites (tertiary alicyclic amines) is 1. The minimum absolute atomic E-state index is 0.00904. The summed E-state index contributed by atoms with van der Waals surface area (Å²) in [5.41, 5.74) is 0.786. The summed E-state index contributed by atoms with van der Waals surface area (Å²) in [6.07, 6.45) is 0.822. The van der Waals surface area contributed by atoms with Gasteiger partial charge in [0.25, 0.3) is 0 Å². The van der Waals surface area contributed by atoms with Crippen molar-refractivity contribution < 1.29 is 38.6 Å². The fourth-order valence-corrected chi connectivity index (χ4v) is 8.14. The summed E-state index contributed by atoms with van der Waals surface area (Å²) in [5, 5.41) is 15.7. The summed E-state index contributed by atoms with van der Waals surface area (Å²) < 4.78 is 11.9. The molecular formula is C42H71N5O8. The van der Waals surface area contributed by atoms with Crippen LogP contribution in [0.4, 0.5) is 0 Å². The molecule has 4 amide bonds. The molecule has 55 heavy (non-hydrogen) atoms. The topological polar surface area (TPSA) is 158 Å². The highest BCUT2D eigenvalue weighted by molar-refractivity contribution is 5.90. The van der Waals surface area contributed by atoms with Crippen LogP contribution >= 0.6 is 0 Å². The fraction of sp³-hybridized carbons (Fsp3) is 0.738. The van der Waals surface area contributed by atoms with E-state index in [0.717, 1.165) is 12.0 Å². The van der Waals surface area contributed by atoms with E-state index in [0.29, 0.717) is 32.5 Å². The first kappa shape index (κ1) is 47.6. The molecule has 0 aliphatic carbocycles. The lowest BCUT2D eigenvalue weighted by atomic mass is 9.89. The Hall–Kier alpha value is -3.55. The van der Waals surface area contributed by atoms with Crippen LogP contribution in [0.15, 0.2) is 30.3 Å². The normalized spacial score (nSPS) is 19.0. The van der Waals surface area contributed by atoms with Crippen LogP contribution in [0.3, 0.4) is 0 Å². The van der Waals surface area contributed by atoms with E-state index in [1.54, 1.807) is 30.9 Å². The molecule has 9 atom stereocenters. The number of hydrogen-bond donors (Lipinski definition) is 3. The second kappa shape index (κ2) is 22.9. The third kappa shape index (κ3) is 12.7. The summed E-state index contributed by atoms with van der Waals surface area (Å²) in [4.78, 5) is 73.4. The number of rotatable bonds is 23. The van der Waals surface area contributed by atoms with Crippen molar-refractivity contribution in [2.75, 3.05) is 40.9 Å². The molecule has 0 radical (unpaired) electrons. The first-order valence-corrected chi connectivity index (χ1v) is 20.2. The third-order valence-electron chi connectivity index (χ3n) is 11.5. The molecule has 1 aromatic rings. The average molecular weight is 774 g/mol. The van der Waals surface area contributed by atoms with Gasteiger partial charge < -0.3 is 35.0 Å². The van der Waals surface area contributed by atoms with Crippen LogP contribution in [0, 0.1) is 23.7 Å². The van der Waals surface area contributed by atoms with E-state index in [-0.39, 0.29) is 54.4 Å². The van der Waals surface area contributed by atoms with Gasteiger partial charge in [0, 0.05) is 34.2 Å². The molecule has 1 heterocycles. The Labute approximate surface area is 330 Å². The van der Waals surface area contributed by atoms with Crippen molar-refractivity contribution in [3.05, 3.63) is 35.9 Å². The Bertz CT molecular complexity index is 1370. The predicted octanol–water partition coefficient (Wildman–Crippen LogP) is 4.23. The van der Waals surface area contributed by atoms with Gasteiger partial charge in [0.05, 0.1) is 42.7 Å². The maximum Gasteiger partial charge on any atom is 0.326 e. The van der Waals surface area contributed by atoms with Crippen molar-refractivity contribution in [2.45, 2.75) is 137 Å². The first-order valence-electron chi connectivity index (χ1n) is 20.2. The van der Waals surface area contributed by atoms with Gasteiger partial charge in [-0.25, -0.2) is 4.79 Å². The molecule has 1 aliphatic rings. The number of carboxylic acids is 1. The van der Waals surface area contributed by atoms with E-state index in [1.165, 1.54) is 7.11 Å². The van der Waals surface area contributed by atoms with Crippen LogP contribution in [0.1, 0.15) is 93.6 Å². The molecule has 0 aromatic heterocycles. The number of carbonyl (C=O) groups excluding carboxylic acids is 4. The Morgan fingerprint density at radius 1 is 0.891 bits per heavy atom. The number of ether oxygens (including phenoxy) is 2. The number of benzene rings is 1. The number of nitrogens with zero attached hydrogens (tertiary/aromatic N) is 3. The number of carbonyl (C=O) groups is 5. The van der Waals surface area contributed by atoms with Gasteiger partial charge in [0.15, 0.2) is 0 Å². The lowest BCUT2D eigenvalue weighted by molar-refractivity contribution is -0.148. The zero-order valence-electron chi connectivity index (χ0n) is 35.5. The van der Waals surface area contributed by atoms with E-state index >= 15 is 0 Å². The number of likely N-dealkylation sites (N-methyl/N-ethyl adjacent to an activating group) is 2. The van der Waals surface area contributed by atoms with Crippen molar-refractivity contribution >= 4 is 29.6 Å². The lowest BCUT2D eigenvalue weighted by Crippen LogP contribution is -2.60. The van der Waals surface area contributed by atoms with Gasteiger partial charge in [0.2, 0.25) is 23.6 Å². The molecule has 13 heteroatoms. The van der Waals surface area contributed by atoms with Crippen molar-refractivity contribution in [3.63, 3.8) is 0 Å². The monoisotopic (exact) mass is 774 g/mol. The predicted molar refractivity (Wildman–Crippen MR) is 214 cm³/mol. The fourth-order valence-electron chi connectivity index (χ4n) is 8.14.